The maximum atomic E-state index is 5.70. The number of aromatic amines is 2. The molecule has 8 heteroatoms. The van der Waals surface area contributed by atoms with Crippen molar-refractivity contribution in [2.24, 2.45) is 0 Å². The van der Waals surface area contributed by atoms with E-state index in [0.29, 0.717) is 11.9 Å². The quantitative estimate of drug-likeness (QED) is 0.407. The predicted octanol–water partition coefficient (Wildman–Crippen LogP) is 2.86. The molecule has 8 nitrogen and oxygen atoms in total. The van der Waals surface area contributed by atoms with Gasteiger partial charge in [-0.05, 0) is 30.4 Å². The average molecular weight is 366 g/mol. The fraction of sp³-hybridized carbons (Fsp3) is 0.368. The fourth-order valence-corrected chi connectivity index (χ4v) is 3.16. The first-order valence-corrected chi connectivity index (χ1v) is 9.20. The number of nitrogens with two attached hydrogens (primary N) is 2. The molecule has 6 N–H and O–H groups in total. The van der Waals surface area contributed by atoms with Crippen LogP contribution >= 0.6 is 0 Å². The Morgan fingerprint density at radius 3 is 2.33 bits per heavy atom. The molecule has 0 aliphatic rings. The number of aryl methyl sites for hydroxylation is 1. The maximum Gasteiger partial charge on any atom is 0.239 e. The van der Waals surface area contributed by atoms with Crippen LogP contribution in [0.4, 0.5) is 11.9 Å². The van der Waals surface area contributed by atoms with E-state index in [1.165, 1.54) is 5.56 Å². The normalized spacial score (nSPS) is 12.1. The minimum atomic E-state index is 0.255. The van der Waals surface area contributed by atoms with Crippen LogP contribution in [0.2, 0.25) is 0 Å². The number of hydrogen-bond donors (Lipinski definition) is 4. The lowest BCUT2D eigenvalue weighted by atomic mass is 9.92. The summed E-state index contributed by atoms with van der Waals surface area (Å²) in [7, 11) is 0. The summed E-state index contributed by atoms with van der Waals surface area (Å²) in [6.07, 6.45) is 7.82. The summed E-state index contributed by atoms with van der Waals surface area (Å²) in [6.45, 7) is 3.80. The third kappa shape index (κ3) is 5.40. The smallest absolute Gasteiger partial charge is 0.239 e. The average Bonchev–Trinajstić information content (AvgIpc) is 3.29. The van der Waals surface area contributed by atoms with Crippen molar-refractivity contribution in [1.29, 1.82) is 0 Å². The summed E-state index contributed by atoms with van der Waals surface area (Å²) in [5.41, 5.74) is 13.6. The zero-order chi connectivity index (χ0) is 19.1. The predicted molar refractivity (Wildman–Crippen MR) is 107 cm³/mol. The van der Waals surface area contributed by atoms with Crippen LogP contribution in [0.3, 0.4) is 0 Å². The summed E-state index contributed by atoms with van der Waals surface area (Å²) in [5.74, 6) is 2.54. The van der Waals surface area contributed by atoms with Crippen LogP contribution in [0.25, 0.3) is 6.08 Å². The second-order valence-electron chi connectivity index (χ2n) is 6.67. The van der Waals surface area contributed by atoms with E-state index in [1.807, 2.05) is 6.08 Å². The zero-order valence-electron chi connectivity index (χ0n) is 15.4. The van der Waals surface area contributed by atoms with Crippen LogP contribution in [-0.4, -0.2) is 30.4 Å². The van der Waals surface area contributed by atoms with E-state index in [4.69, 9.17) is 11.5 Å². The van der Waals surface area contributed by atoms with Gasteiger partial charge in [0, 0.05) is 12.3 Å². The lowest BCUT2D eigenvalue weighted by Crippen LogP contribution is -2.06. The molecule has 0 saturated heterocycles. The third-order valence-corrected chi connectivity index (χ3v) is 4.62. The standard InChI is InChI=1S/C19H26N8/c1-2-13-8-10-14(11-9-13)12-15(17-23-19(21)27-25-17)6-4-3-5-7-16-22-18(20)26-24-16/h2,8-11,15H,1,3-7,12H2,(H3,20,22,24,26)(H3,21,23,25,27). The minimum Gasteiger partial charge on any atom is -0.367 e. The Bertz CT molecular complexity index is 849. The summed E-state index contributed by atoms with van der Waals surface area (Å²) in [5, 5.41) is 13.7. The Morgan fingerprint density at radius 2 is 1.70 bits per heavy atom. The molecule has 0 aliphatic heterocycles. The Hall–Kier alpha value is -3.16. The molecular formula is C19H26N8. The van der Waals surface area contributed by atoms with Gasteiger partial charge in [-0.2, -0.15) is 9.97 Å². The Morgan fingerprint density at radius 1 is 0.963 bits per heavy atom. The van der Waals surface area contributed by atoms with Crippen LogP contribution in [0.5, 0.6) is 0 Å². The van der Waals surface area contributed by atoms with E-state index in [-0.39, 0.29) is 5.92 Å². The number of unbranched alkanes of at least 4 members (excludes halogenated alkanes) is 2. The van der Waals surface area contributed by atoms with Gasteiger partial charge in [-0.1, -0.05) is 49.8 Å². The van der Waals surface area contributed by atoms with E-state index in [9.17, 15) is 0 Å². The molecule has 0 amide bonds. The van der Waals surface area contributed by atoms with Crippen molar-refractivity contribution in [3.63, 3.8) is 0 Å². The molecule has 2 heterocycles. The number of rotatable bonds is 10. The monoisotopic (exact) mass is 366 g/mol. The molecule has 1 aromatic carbocycles. The number of H-pyrrole nitrogens is 2. The largest absolute Gasteiger partial charge is 0.367 e. The van der Waals surface area contributed by atoms with Crippen molar-refractivity contribution in [2.75, 3.05) is 11.5 Å². The van der Waals surface area contributed by atoms with Crippen molar-refractivity contribution < 1.29 is 0 Å². The van der Waals surface area contributed by atoms with Gasteiger partial charge in [0.15, 0.2) is 0 Å². The zero-order valence-corrected chi connectivity index (χ0v) is 15.4. The van der Waals surface area contributed by atoms with Crippen molar-refractivity contribution >= 4 is 18.0 Å². The van der Waals surface area contributed by atoms with Gasteiger partial charge in [-0.15, -0.1) is 10.2 Å². The van der Waals surface area contributed by atoms with Crippen LogP contribution in [0.15, 0.2) is 30.8 Å². The molecule has 0 aliphatic carbocycles. The van der Waals surface area contributed by atoms with E-state index in [2.05, 4.69) is 61.2 Å². The van der Waals surface area contributed by atoms with E-state index >= 15 is 0 Å². The van der Waals surface area contributed by atoms with Crippen LogP contribution < -0.4 is 11.5 Å². The Balaban J connectivity index is 1.54. The van der Waals surface area contributed by atoms with E-state index < -0.39 is 0 Å². The maximum absolute atomic E-state index is 5.70. The molecule has 0 fully saturated rings. The molecule has 1 unspecified atom stereocenters. The first-order chi connectivity index (χ1) is 13.1. The number of nitrogens with zero attached hydrogens (tertiary/aromatic N) is 4. The molecule has 142 valence electrons. The SMILES string of the molecule is C=Cc1ccc(CC(CCCCCc2nc(N)n[nH]2)c2nc(N)n[nH]2)cc1. The molecule has 27 heavy (non-hydrogen) atoms. The van der Waals surface area contributed by atoms with Crippen LogP contribution in [-0.2, 0) is 12.8 Å². The van der Waals surface area contributed by atoms with Crippen LogP contribution in [0.1, 0.15) is 54.4 Å². The summed E-state index contributed by atoms with van der Waals surface area (Å²) in [6, 6.07) is 8.44. The number of aromatic nitrogens is 6. The van der Waals surface area contributed by atoms with Gasteiger partial charge in [-0.25, -0.2) is 0 Å². The Labute approximate surface area is 158 Å². The molecule has 0 spiro atoms. The fourth-order valence-electron chi connectivity index (χ4n) is 3.16. The third-order valence-electron chi connectivity index (χ3n) is 4.62. The highest BCUT2D eigenvalue weighted by atomic mass is 15.3. The molecule has 3 rings (SSSR count). The first kappa shape index (κ1) is 18.6. The van der Waals surface area contributed by atoms with Gasteiger partial charge >= 0.3 is 0 Å². The topological polar surface area (TPSA) is 135 Å². The van der Waals surface area contributed by atoms with Gasteiger partial charge in [0.2, 0.25) is 11.9 Å². The second kappa shape index (κ2) is 8.98. The number of benzene rings is 1. The summed E-state index contributed by atoms with van der Waals surface area (Å²) >= 11 is 0. The number of nitrogen functional groups attached to an aromatic ring is 2. The van der Waals surface area contributed by atoms with Crippen molar-refractivity contribution in [3.8, 4) is 0 Å². The number of anilines is 2. The van der Waals surface area contributed by atoms with Crippen LogP contribution in [0, 0.1) is 0 Å². The molecular weight excluding hydrogens is 340 g/mol. The number of nitrogens with one attached hydrogen (secondary N) is 2. The van der Waals surface area contributed by atoms with Crippen molar-refractivity contribution in [2.45, 2.75) is 44.4 Å². The van der Waals surface area contributed by atoms with Gasteiger partial charge in [-0.3, -0.25) is 10.2 Å². The Kier molecular flexibility index (Phi) is 6.19. The van der Waals surface area contributed by atoms with Gasteiger partial charge in [0.25, 0.3) is 0 Å². The van der Waals surface area contributed by atoms with E-state index in [0.717, 1.165) is 55.7 Å². The van der Waals surface area contributed by atoms with Gasteiger partial charge < -0.3 is 11.5 Å². The molecule has 0 radical (unpaired) electrons. The lowest BCUT2D eigenvalue weighted by molar-refractivity contribution is 0.532. The molecule has 3 aromatic rings. The van der Waals surface area contributed by atoms with Gasteiger partial charge in [0.1, 0.15) is 11.6 Å². The molecule has 2 aromatic heterocycles. The highest BCUT2D eigenvalue weighted by Crippen LogP contribution is 2.25. The van der Waals surface area contributed by atoms with Crippen molar-refractivity contribution in [1.82, 2.24) is 30.4 Å². The molecule has 1 atom stereocenters. The van der Waals surface area contributed by atoms with Crippen molar-refractivity contribution in [3.05, 3.63) is 53.6 Å². The highest BCUT2D eigenvalue weighted by Gasteiger charge is 2.16. The summed E-state index contributed by atoms with van der Waals surface area (Å²) in [4.78, 5) is 8.48. The van der Waals surface area contributed by atoms with E-state index in [1.54, 1.807) is 0 Å². The highest BCUT2D eigenvalue weighted by molar-refractivity contribution is 5.47. The van der Waals surface area contributed by atoms with Gasteiger partial charge in [0.05, 0.1) is 0 Å². The number of hydrogen-bond acceptors (Lipinski definition) is 6. The molecule has 0 saturated carbocycles. The minimum absolute atomic E-state index is 0.255. The lowest BCUT2D eigenvalue weighted by Gasteiger charge is -2.14. The molecule has 0 bridgehead atoms. The summed E-state index contributed by atoms with van der Waals surface area (Å²) < 4.78 is 0. The first-order valence-electron chi connectivity index (χ1n) is 9.20. The second-order valence-corrected chi connectivity index (χ2v) is 6.67.